The summed E-state index contributed by atoms with van der Waals surface area (Å²) in [6.45, 7) is 8.10. The zero-order valence-electron chi connectivity index (χ0n) is 17.7. The van der Waals surface area contributed by atoms with Gasteiger partial charge in [0.25, 0.3) is 0 Å². The standard InChI is InChI=1S/C23H28FN5O/c1-16-11-19(24)12-20-22(16)26-14-18(13-25)23(20)28-9-7-27(8-10-28)15-21(30)29-6-4-3-5-17(29)2/h11-12,14,17H,3-10,15H2,1-2H3. The Hall–Kier alpha value is -2.72. The summed E-state index contributed by atoms with van der Waals surface area (Å²) in [5.41, 5.74) is 2.69. The molecule has 0 radical (unpaired) electrons. The average Bonchev–Trinajstić information content (AvgIpc) is 2.73. The van der Waals surface area contributed by atoms with Crippen molar-refractivity contribution in [2.45, 2.75) is 39.2 Å². The second-order valence-electron chi connectivity index (χ2n) is 8.45. The molecule has 0 N–H and O–H groups in total. The molecule has 1 amide bonds. The molecule has 4 rings (SSSR count). The second kappa shape index (κ2) is 8.57. The van der Waals surface area contributed by atoms with E-state index in [2.05, 4.69) is 27.8 Å². The van der Waals surface area contributed by atoms with Gasteiger partial charge in [-0.2, -0.15) is 5.26 Å². The maximum atomic E-state index is 14.1. The first-order valence-corrected chi connectivity index (χ1v) is 10.7. The lowest BCUT2D eigenvalue weighted by atomic mass is 10.0. The van der Waals surface area contributed by atoms with Crippen molar-refractivity contribution in [3.05, 3.63) is 35.3 Å². The van der Waals surface area contributed by atoms with Gasteiger partial charge < -0.3 is 9.80 Å². The number of anilines is 1. The Labute approximate surface area is 176 Å². The Balaban J connectivity index is 1.50. The number of carbonyl (C=O) groups is 1. The summed E-state index contributed by atoms with van der Waals surface area (Å²) in [6, 6.07) is 5.48. The van der Waals surface area contributed by atoms with E-state index in [0.29, 0.717) is 36.6 Å². The van der Waals surface area contributed by atoms with Gasteiger partial charge in [-0.25, -0.2) is 4.39 Å². The van der Waals surface area contributed by atoms with E-state index in [1.807, 2.05) is 11.8 Å². The predicted octanol–water partition coefficient (Wildman–Crippen LogP) is 3.08. The van der Waals surface area contributed by atoms with E-state index < -0.39 is 0 Å². The first-order chi connectivity index (χ1) is 14.5. The first-order valence-electron chi connectivity index (χ1n) is 10.7. The number of amides is 1. The van der Waals surface area contributed by atoms with Gasteiger partial charge in [-0.1, -0.05) is 0 Å². The molecule has 1 aromatic heterocycles. The number of fused-ring (bicyclic) bond motifs is 1. The number of halogens is 1. The van der Waals surface area contributed by atoms with Crippen molar-refractivity contribution >= 4 is 22.5 Å². The summed E-state index contributed by atoms with van der Waals surface area (Å²) < 4.78 is 14.1. The molecule has 2 aromatic rings. The van der Waals surface area contributed by atoms with Crippen LogP contribution in [0.15, 0.2) is 18.3 Å². The van der Waals surface area contributed by atoms with Gasteiger partial charge in [0.05, 0.1) is 23.3 Å². The Kier molecular flexibility index (Phi) is 5.87. The maximum Gasteiger partial charge on any atom is 0.236 e. The van der Waals surface area contributed by atoms with Crippen LogP contribution < -0.4 is 4.90 Å². The molecular formula is C23H28FN5O. The minimum atomic E-state index is -0.321. The van der Waals surface area contributed by atoms with Crippen molar-refractivity contribution in [1.82, 2.24) is 14.8 Å². The molecule has 0 bridgehead atoms. The van der Waals surface area contributed by atoms with E-state index in [1.54, 1.807) is 6.20 Å². The average molecular weight is 410 g/mol. The number of nitrogens with zero attached hydrogens (tertiary/aromatic N) is 5. The van der Waals surface area contributed by atoms with Crippen LogP contribution in [-0.2, 0) is 4.79 Å². The van der Waals surface area contributed by atoms with Gasteiger partial charge in [0.1, 0.15) is 11.9 Å². The van der Waals surface area contributed by atoms with E-state index >= 15 is 0 Å². The fourth-order valence-electron chi connectivity index (χ4n) is 4.73. The molecule has 2 saturated heterocycles. The van der Waals surface area contributed by atoms with E-state index in [0.717, 1.165) is 49.2 Å². The summed E-state index contributed by atoms with van der Waals surface area (Å²) in [5.74, 6) is -0.113. The molecule has 2 aliphatic heterocycles. The highest BCUT2D eigenvalue weighted by molar-refractivity contribution is 5.96. The summed E-state index contributed by atoms with van der Waals surface area (Å²) in [4.78, 5) is 23.5. The number of piperazine rings is 1. The molecule has 158 valence electrons. The Morgan fingerprint density at radius 2 is 2.00 bits per heavy atom. The largest absolute Gasteiger partial charge is 0.367 e. The zero-order chi connectivity index (χ0) is 21.3. The van der Waals surface area contributed by atoms with Crippen molar-refractivity contribution in [1.29, 1.82) is 5.26 Å². The third kappa shape index (κ3) is 3.97. The van der Waals surface area contributed by atoms with Crippen molar-refractivity contribution in [3.63, 3.8) is 0 Å². The molecule has 0 saturated carbocycles. The summed E-state index contributed by atoms with van der Waals surface area (Å²) in [7, 11) is 0. The molecule has 6 nitrogen and oxygen atoms in total. The molecule has 7 heteroatoms. The van der Waals surface area contributed by atoms with Crippen LogP contribution >= 0.6 is 0 Å². The van der Waals surface area contributed by atoms with Gasteiger partial charge in [0.15, 0.2) is 0 Å². The lowest BCUT2D eigenvalue weighted by Crippen LogP contribution is -2.52. The predicted molar refractivity (Wildman–Crippen MR) is 115 cm³/mol. The van der Waals surface area contributed by atoms with Gasteiger partial charge in [-0.3, -0.25) is 14.7 Å². The fourth-order valence-corrected chi connectivity index (χ4v) is 4.73. The summed E-state index contributed by atoms with van der Waals surface area (Å²) >= 11 is 0. The number of hydrogen-bond donors (Lipinski definition) is 0. The van der Waals surface area contributed by atoms with Gasteiger partial charge in [0, 0.05) is 50.3 Å². The number of benzene rings is 1. The van der Waals surface area contributed by atoms with Crippen LogP contribution in [0.2, 0.25) is 0 Å². The van der Waals surface area contributed by atoms with E-state index in [1.165, 1.54) is 18.6 Å². The second-order valence-corrected chi connectivity index (χ2v) is 8.45. The Morgan fingerprint density at radius 3 is 2.70 bits per heavy atom. The number of aryl methyl sites for hydroxylation is 1. The van der Waals surface area contributed by atoms with Gasteiger partial charge in [0.2, 0.25) is 5.91 Å². The van der Waals surface area contributed by atoms with Crippen LogP contribution in [0.5, 0.6) is 0 Å². The summed E-state index contributed by atoms with van der Waals surface area (Å²) in [5, 5.41) is 10.3. The van der Waals surface area contributed by atoms with Crippen LogP contribution in [-0.4, -0.2) is 66.0 Å². The quantitative estimate of drug-likeness (QED) is 0.780. The van der Waals surface area contributed by atoms with Crippen molar-refractivity contribution < 1.29 is 9.18 Å². The number of rotatable bonds is 3. The highest BCUT2D eigenvalue weighted by Crippen LogP contribution is 2.32. The van der Waals surface area contributed by atoms with Crippen LogP contribution in [0.3, 0.4) is 0 Å². The topological polar surface area (TPSA) is 63.5 Å². The minimum absolute atomic E-state index is 0.209. The van der Waals surface area contributed by atoms with E-state index in [-0.39, 0.29) is 11.7 Å². The normalized spacial score (nSPS) is 20.4. The van der Waals surface area contributed by atoms with Crippen LogP contribution in [0.4, 0.5) is 10.1 Å². The smallest absolute Gasteiger partial charge is 0.236 e. The molecule has 2 fully saturated rings. The van der Waals surface area contributed by atoms with Crippen LogP contribution in [0.25, 0.3) is 10.9 Å². The van der Waals surface area contributed by atoms with Crippen LogP contribution in [0, 0.1) is 24.1 Å². The highest BCUT2D eigenvalue weighted by atomic mass is 19.1. The van der Waals surface area contributed by atoms with Gasteiger partial charge in [-0.15, -0.1) is 0 Å². The molecule has 1 unspecified atom stereocenters. The third-order valence-corrected chi connectivity index (χ3v) is 6.39. The monoisotopic (exact) mass is 409 g/mol. The van der Waals surface area contributed by atoms with Gasteiger partial charge >= 0.3 is 0 Å². The lowest BCUT2D eigenvalue weighted by molar-refractivity contribution is -0.135. The van der Waals surface area contributed by atoms with Crippen molar-refractivity contribution in [3.8, 4) is 6.07 Å². The summed E-state index contributed by atoms with van der Waals surface area (Å²) in [6.07, 6.45) is 4.95. The van der Waals surface area contributed by atoms with E-state index in [4.69, 9.17) is 0 Å². The number of aromatic nitrogens is 1. The number of nitriles is 1. The maximum absolute atomic E-state index is 14.1. The number of carbonyl (C=O) groups excluding carboxylic acids is 1. The molecular weight excluding hydrogens is 381 g/mol. The molecule has 0 aliphatic carbocycles. The minimum Gasteiger partial charge on any atom is -0.367 e. The first kappa shape index (κ1) is 20.5. The molecule has 1 aromatic carbocycles. The Morgan fingerprint density at radius 1 is 1.23 bits per heavy atom. The highest BCUT2D eigenvalue weighted by Gasteiger charge is 2.27. The van der Waals surface area contributed by atoms with E-state index in [9.17, 15) is 14.4 Å². The SMILES string of the molecule is Cc1cc(F)cc2c(N3CCN(CC(=O)N4CCCCC4C)CC3)c(C#N)cnc12. The van der Waals surface area contributed by atoms with Crippen molar-refractivity contribution in [2.75, 3.05) is 44.2 Å². The zero-order valence-corrected chi connectivity index (χ0v) is 17.7. The van der Waals surface area contributed by atoms with Crippen LogP contribution in [0.1, 0.15) is 37.3 Å². The number of piperidine rings is 1. The number of hydrogen-bond acceptors (Lipinski definition) is 5. The molecule has 3 heterocycles. The Bertz CT molecular complexity index is 993. The lowest BCUT2D eigenvalue weighted by Gasteiger charge is -2.39. The molecule has 30 heavy (non-hydrogen) atoms. The molecule has 2 aliphatic rings. The molecule has 0 spiro atoms. The third-order valence-electron chi connectivity index (χ3n) is 6.39. The van der Waals surface area contributed by atoms with Gasteiger partial charge in [-0.05, 0) is 50.8 Å². The molecule has 1 atom stereocenters. The van der Waals surface area contributed by atoms with Crippen molar-refractivity contribution in [2.24, 2.45) is 0 Å². The fraction of sp³-hybridized carbons (Fsp3) is 0.522. The number of pyridine rings is 1. The number of likely N-dealkylation sites (tertiary alicyclic amines) is 1.